The van der Waals surface area contributed by atoms with Gasteiger partial charge in [-0.05, 0) is 159 Å². The Morgan fingerprint density at radius 2 is 0.443 bits per heavy atom. The number of ketones is 3. The smallest absolute Gasteiger partial charge is 0.549 e. The van der Waals surface area contributed by atoms with E-state index in [-0.39, 0.29) is 54.9 Å². The minimum Gasteiger partial charge on any atom is -0.549 e. The summed E-state index contributed by atoms with van der Waals surface area (Å²) >= 11 is 0. The summed E-state index contributed by atoms with van der Waals surface area (Å²) in [5, 5.41) is 33.4. The molecular weight excluding hydrogens is 1240 g/mol. The maximum atomic E-state index is 11.5. The molecule has 0 rings (SSSR count). The fraction of sp³-hybridized carbons (Fsp3) is 0.852. The number of unbranched alkanes of at least 4 members (excludes halogenated alkanes) is 36. The van der Waals surface area contributed by atoms with Crippen molar-refractivity contribution in [2.75, 3.05) is 19.8 Å². The van der Waals surface area contributed by atoms with Crippen molar-refractivity contribution in [2.24, 2.45) is 17.8 Å². The van der Waals surface area contributed by atoms with Gasteiger partial charge in [0.25, 0.3) is 0 Å². The molecule has 0 aliphatic rings. The molecule has 0 heterocycles. The molecule has 6 atom stereocenters. The summed E-state index contributed by atoms with van der Waals surface area (Å²) in [6, 6.07) is 0. The molecule has 15 nitrogen and oxygen atoms in total. The summed E-state index contributed by atoms with van der Waals surface area (Å²) in [4.78, 5) is 68.0. The van der Waals surface area contributed by atoms with Gasteiger partial charge in [0.1, 0.15) is 17.3 Å². The summed E-state index contributed by atoms with van der Waals surface area (Å²) in [6.45, 7) is 23.3. The summed E-state index contributed by atoms with van der Waals surface area (Å²) in [6.07, 6.45) is 64.2. The summed E-state index contributed by atoms with van der Waals surface area (Å²) in [5.74, 6) is -8.92. The van der Waals surface area contributed by atoms with Crippen molar-refractivity contribution in [1.29, 1.82) is 0 Å². The van der Waals surface area contributed by atoms with Gasteiger partial charge in [-0.1, -0.05) is 231 Å². The second-order valence-electron chi connectivity index (χ2n) is 27.4. The average Bonchev–Trinajstić information content (AvgIpc) is 1.27. The SMILES string of the molecule is CCCCCCCC/C=C\CCCCCCCCOC(CC(C(C)=O)C(=O)[O-])OC(C)C.CCCCCCCC/C=C\CCCCCCCCOC(CC(C(C)=O)C(=O)[O-])OC(C)C.CCCCCCCC/C=C\CCCCCCCCOC(CC(C(C)=O)C(=O)[O-])OC(C)C.[Al+3]. The third-order valence-corrected chi connectivity index (χ3v) is 16.8. The van der Waals surface area contributed by atoms with Crippen molar-refractivity contribution in [2.45, 2.75) is 409 Å². The summed E-state index contributed by atoms with van der Waals surface area (Å²) in [5.41, 5.74) is 0. The molecule has 0 aromatic heterocycles. The number of carboxylic acid groups (broad SMARTS) is 3. The van der Waals surface area contributed by atoms with Crippen molar-refractivity contribution in [3.05, 3.63) is 36.5 Å². The van der Waals surface area contributed by atoms with Crippen molar-refractivity contribution in [3.8, 4) is 0 Å². The van der Waals surface area contributed by atoms with E-state index in [2.05, 4.69) is 57.2 Å². The van der Waals surface area contributed by atoms with E-state index >= 15 is 0 Å². The predicted octanol–water partition coefficient (Wildman–Crippen LogP) is 18.0. The van der Waals surface area contributed by atoms with Crippen LogP contribution in [0.2, 0.25) is 0 Å². The van der Waals surface area contributed by atoms with Crippen molar-refractivity contribution < 1.29 is 72.5 Å². The molecule has 0 spiro atoms. The first-order valence-electron chi connectivity index (χ1n) is 39.0. The number of aliphatic carboxylic acids is 3. The van der Waals surface area contributed by atoms with Crippen molar-refractivity contribution in [1.82, 2.24) is 0 Å². The van der Waals surface area contributed by atoms with Crippen LogP contribution in [-0.4, -0.2) is 110 Å². The van der Waals surface area contributed by atoms with Crippen LogP contribution in [0, 0.1) is 17.8 Å². The topological polar surface area (TPSA) is 227 Å². The van der Waals surface area contributed by atoms with E-state index in [1.54, 1.807) is 0 Å². The number of carboxylic acids is 3. The van der Waals surface area contributed by atoms with Crippen LogP contribution in [0.15, 0.2) is 36.5 Å². The van der Waals surface area contributed by atoms with Crippen LogP contribution in [0.25, 0.3) is 0 Å². The van der Waals surface area contributed by atoms with Crippen LogP contribution < -0.4 is 15.3 Å². The Bertz CT molecular complexity index is 1630. The fourth-order valence-corrected chi connectivity index (χ4v) is 11.0. The number of rotatable bonds is 69. The van der Waals surface area contributed by atoms with E-state index < -0.39 is 71.9 Å². The molecule has 0 aromatic rings. The zero-order valence-corrected chi connectivity index (χ0v) is 65.5. The molecule has 6 unspecified atom stereocenters. The number of hydrogen-bond acceptors (Lipinski definition) is 15. The maximum absolute atomic E-state index is 11.5. The van der Waals surface area contributed by atoms with Crippen LogP contribution in [0.1, 0.15) is 372 Å². The predicted molar refractivity (Wildman–Crippen MR) is 393 cm³/mol. The van der Waals surface area contributed by atoms with E-state index in [1.165, 1.54) is 252 Å². The van der Waals surface area contributed by atoms with Gasteiger partial charge < -0.3 is 58.1 Å². The van der Waals surface area contributed by atoms with Crippen LogP contribution in [-0.2, 0) is 57.2 Å². The van der Waals surface area contributed by atoms with Gasteiger partial charge in [0.15, 0.2) is 18.9 Å². The first-order valence-corrected chi connectivity index (χ1v) is 39.0. The molecule has 0 bridgehead atoms. The fourth-order valence-electron chi connectivity index (χ4n) is 11.0. The molecule has 0 fully saturated rings. The first kappa shape index (κ1) is 100. The van der Waals surface area contributed by atoms with Crippen LogP contribution in [0.4, 0.5) is 0 Å². The van der Waals surface area contributed by atoms with Crippen molar-refractivity contribution >= 4 is 52.6 Å². The molecule has 0 saturated carbocycles. The summed E-state index contributed by atoms with van der Waals surface area (Å²) in [7, 11) is 0. The largest absolute Gasteiger partial charge is 3.00 e. The van der Waals surface area contributed by atoms with Crippen LogP contribution in [0.5, 0.6) is 0 Å². The second-order valence-corrected chi connectivity index (χ2v) is 27.4. The molecule has 0 saturated heterocycles. The van der Waals surface area contributed by atoms with Gasteiger partial charge in [0.2, 0.25) is 0 Å². The zero-order valence-electron chi connectivity index (χ0n) is 64.3. The van der Waals surface area contributed by atoms with Gasteiger partial charge in [-0.3, -0.25) is 14.4 Å². The van der Waals surface area contributed by atoms with Gasteiger partial charge in [-0.15, -0.1) is 0 Å². The second kappa shape index (κ2) is 75.6. The van der Waals surface area contributed by atoms with E-state index in [4.69, 9.17) is 28.4 Å². The van der Waals surface area contributed by atoms with E-state index in [9.17, 15) is 44.1 Å². The van der Waals surface area contributed by atoms with E-state index in [1.807, 2.05) is 41.5 Å². The third kappa shape index (κ3) is 74.0. The van der Waals surface area contributed by atoms with Gasteiger partial charge in [-0.2, -0.15) is 0 Å². The third-order valence-electron chi connectivity index (χ3n) is 16.8. The summed E-state index contributed by atoms with van der Waals surface area (Å²) < 4.78 is 34.1. The van der Waals surface area contributed by atoms with Gasteiger partial charge in [-0.25, -0.2) is 0 Å². The molecule has 0 N–H and O–H groups in total. The van der Waals surface area contributed by atoms with Gasteiger partial charge in [0.05, 0.1) is 54.0 Å². The van der Waals surface area contributed by atoms with Crippen LogP contribution >= 0.6 is 0 Å². The van der Waals surface area contributed by atoms with Crippen LogP contribution in [0.3, 0.4) is 0 Å². The first-order chi connectivity index (χ1) is 46.1. The Hall–Kier alpha value is -3.07. The molecule has 0 aromatic carbocycles. The molecular formula is C81H147AlO15. The molecule has 0 radical (unpaired) electrons. The monoisotopic (exact) mass is 1390 g/mol. The van der Waals surface area contributed by atoms with Gasteiger partial charge in [0, 0.05) is 39.1 Å². The number of carbonyl (C=O) groups is 6. The number of allylic oxidation sites excluding steroid dienone is 6. The minimum absolute atomic E-state index is 0. The molecule has 97 heavy (non-hydrogen) atoms. The normalized spacial score (nSPS) is 13.5. The Balaban J connectivity index is -0.000000665. The standard InChI is InChI=1S/3C27H50O5.Al/c3*1-5-6-7-8-9-10-11-12-13-14-15-16-17-18-19-20-21-31-26(32-23(2)3)22-25(24(4)28)27(29)30;/h3*12-13,23,25-26H,5-11,14-22H2,1-4H3,(H,29,30);/q;;;+3/p-3/b3*13-12-;. The number of ether oxygens (including phenoxy) is 6. The molecule has 0 aliphatic heterocycles. The Morgan fingerprint density at radius 3 is 0.598 bits per heavy atom. The molecule has 0 aliphatic carbocycles. The number of hydrogen-bond donors (Lipinski definition) is 0. The Labute approximate surface area is 605 Å². The zero-order chi connectivity index (χ0) is 72.1. The Kier molecular flexibility index (Phi) is 78.2. The number of Topliss-reactive ketones (excluding diaryl/α,β-unsaturated/α-hetero) is 3. The maximum Gasteiger partial charge on any atom is 3.00 e. The average molecular weight is 1390 g/mol. The number of carbonyl (C=O) groups excluding carboxylic acids is 6. The molecule has 564 valence electrons. The van der Waals surface area contributed by atoms with E-state index in [0.29, 0.717) is 19.8 Å². The van der Waals surface area contributed by atoms with Gasteiger partial charge >= 0.3 is 17.4 Å². The Morgan fingerprint density at radius 1 is 0.278 bits per heavy atom. The molecule has 16 heteroatoms. The van der Waals surface area contributed by atoms with Crippen molar-refractivity contribution in [3.63, 3.8) is 0 Å². The quantitative estimate of drug-likeness (QED) is 0.0181. The van der Waals surface area contributed by atoms with E-state index in [0.717, 1.165) is 38.5 Å². The molecule has 0 amide bonds. The minimum atomic E-state index is -1.37.